The smallest absolute Gasteiger partial charge is 0.317 e. The highest BCUT2D eigenvalue weighted by Gasteiger charge is 2.28. The zero-order chi connectivity index (χ0) is 16.2. The standard InChI is InChI=1S/C17H22N2O4/c1-22-16(20)13-3-2-6-19(9-13)17(21)18-8-12-4-5-14-10-23-11-15(14)7-12/h4-5,7,13H,2-3,6,8-11H2,1H3,(H,18,21)/t13-/m1/s1. The van der Waals surface area contributed by atoms with Crippen LogP contribution in [0.2, 0.25) is 0 Å². The van der Waals surface area contributed by atoms with Crippen molar-refractivity contribution >= 4 is 12.0 Å². The van der Waals surface area contributed by atoms with Gasteiger partial charge in [0, 0.05) is 19.6 Å². The molecular weight excluding hydrogens is 296 g/mol. The fourth-order valence-electron chi connectivity index (χ4n) is 3.15. The fourth-order valence-corrected chi connectivity index (χ4v) is 3.15. The normalized spacial score (nSPS) is 20.0. The van der Waals surface area contributed by atoms with Crippen molar-refractivity contribution in [1.82, 2.24) is 10.2 Å². The molecule has 1 fully saturated rings. The lowest BCUT2D eigenvalue weighted by Crippen LogP contribution is -2.47. The lowest BCUT2D eigenvalue weighted by atomic mass is 9.98. The van der Waals surface area contributed by atoms with Gasteiger partial charge in [0.15, 0.2) is 0 Å². The number of fused-ring (bicyclic) bond motifs is 1. The molecule has 1 N–H and O–H groups in total. The van der Waals surface area contributed by atoms with Crippen LogP contribution in [0.15, 0.2) is 18.2 Å². The molecule has 6 nitrogen and oxygen atoms in total. The highest BCUT2D eigenvalue weighted by molar-refractivity contribution is 5.77. The second-order valence-electron chi connectivity index (χ2n) is 6.06. The Bertz CT molecular complexity index is 602. The van der Waals surface area contributed by atoms with Crippen molar-refractivity contribution in [2.24, 2.45) is 5.92 Å². The number of carbonyl (C=O) groups is 2. The molecule has 0 saturated carbocycles. The number of piperidine rings is 1. The Morgan fingerprint density at radius 1 is 1.35 bits per heavy atom. The van der Waals surface area contributed by atoms with Crippen molar-refractivity contribution < 1.29 is 19.1 Å². The molecule has 6 heteroatoms. The number of ether oxygens (including phenoxy) is 2. The van der Waals surface area contributed by atoms with Crippen LogP contribution in [-0.2, 0) is 34.0 Å². The molecule has 124 valence electrons. The summed E-state index contributed by atoms with van der Waals surface area (Å²) in [6.45, 7) is 2.90. The Morgan fingerprint density at radius 3 is 3.00 bits per heavy atom. The second-order valence-corrected chi connectivity index (χ2v) is 6.06. The summed E-state index contributed by atoms with van der Waals surface area (Å²) in [5, 5.41) is 2.93. The number of carbonyl (C=O) groups excluding carboxylic acids is 2. The Kier molecular flexibility index (Phi) is 4.81. The molecule has 2 heterocycles. The third kappa shape index (κ3) is 3.64. The van der Waals surface area contributed by atoms with Crippen molar-refractivity contribution in [3.8, 4) is 0 Å². The summed E-state index contributed by atoms with van der Waals surface area (Å²) in [6, 6.07) is 6.02. The van der Waals surface area contributed by atoms with Gasteiger partial charge in [-0.25, -0.2) is 4.79 Å². The average molecular weight is 318 g/mol. The summed E-state index contributed by atoms with van der Waals surface area (Å²) in [5.74, 6) is -0.447. The maximum atomic E-state index is 12.3. The third-order valence-corrected chi connectivity index (χ3v) is 4.47. The minimum Gasteiger partial charge on any atom is -0.469 e. The van der Waals surface area contributed by atoms with Crippen molar-refractivity contribution in [1.29, 1.82) is 0 Å². The first-order valence-electron chi connectivity index (χ1n) is 7.96. The number of benzene rings is 1. The van der Waals surface area contributed by atoms with Gasteiger partial charge in [-0.05, 0) is 29.5 Å². The minimum atomic E-state index is -0.235. The van der Waals surface area contributed by atoms with Gasteiger partial charge in [0.1, 0.15) is 0 Å². The molecule has 2 aliphatic rings. The van der Waals surface area contributed by atoms with Crippen LogP contribution in [0.5, 0.6) is 0 Å². The van der Waals surface area contributed by atoms with Crippen LogP contribution in [-0.4, -0.2) is 37.1 Å². The van der Waals surface area contributed by atoms with Gasteiger partial charge in [0.25, 0.3) is 0 Å². The Balaban J connectivity index is 1.53. The Hall–Kier alpha value is -2.08. The molecule has 1 saturated heterocycles. The van der Waals surface area contributed by atoms with Crippen molar-refractivity contribution in [3.63, 3.8) is 0 Å². The van der Waals surface area contributed by atoms with Crippen LogP contribution in [0, 0.1) is 5.92 Å². The van der Waals surface area contributed by atoms with Gasteiger partial charge < -0.3 is 19.7 Å². The summed E-state index contributed by atoms with van der Waals surface area (Å²) in [4.78, 5) is 25.6. The van der Waals surface area contributed by atoms with Gasteiger partial charge in [-0.2, -0.15) is 0 Å². The molecule has 0 aromatic heterocycles. The molecule has 0 unspecified atom stereocenters. The molecule has 2 aliphatic heterocycles. The zero-order valence-electron chi connectivity index (χ0n) is 13.3. The lowest BCUT2D eigenvalue weighted by Gasteiger charge is -2.31. The summed E-state index contributed by atoms with van der Waals surface area (Å²) >= 11 is 0. The summed E-state index contributed by atoms with van der Waals surface area (Å²) < 4.78 is 10.2. The SMILES string of the molecule is COC(=O)[C@@H]1CCCN(C(=O)NCc2ccc3c(c2)COC3)C1. The predicted molar refractivity (Wildman–Crippen MR) is 83.5 cm³/mol. The van der Waals surface area contributed by atoms with E-state index in [4.69, 9.17) is 9.47 Å². The summed E-state index contributed by atoms with van der Waals surface area (Å²) in [5.41, 5.74) is 3.47. The number of methoxy groups -OCH3 is 1. The summed E-state index contributed by atoms with van der Waals surface area (Å²) in [6.07, 6.45) is 1.60. The number of likely N-dealkylation sites (tertiary alicyclic amines) is 1. The van der Waals surface area contributed by atoms with Gasteiger partial charge in [-0.3, -0.25) is 4.79 Å². The maximum absolute atomic E-state index is 12.3. The number of hydrogen-bond acceptors (Lipinski definition) is 4. The lowest BCUT2D eigenvalue weighted by molar-refractivity contribution is -0.146. The first-order chi connectivity index (χ1) is 11.2. The first kappa shape index (κ1) is 15.8. The van der Waals surface area contributed by atoms with Crippen LogP contribution in [0.4, 0.5) is 4.79 Å². The zero-order valence-corrected chi connectivity index (χ0v) is 13.3. The van der Waals surface area contributed by atoms with E-state index in [-0.39, 0.29) is 17.9 Å². The average Bonchev–Trinajstić information content (AvgIpc) is 3.06. The molecule has 2 amide bonds. The van der Waals surface area contributed by atoms with Crippen molar-refractivity contribution in [2.45, 2.75) is 32.6 Å². The maximum Gasteiger partial charge on any atom is 0.317 e. The van der Waals surface area contributed by atoms with E-state index in [0.717, 1.165) is 18.4 Å². The summed E-state index contributed by atoms with van der Waals surface area (Å²) in [7, 11) is 1.39. The van der Waals surface area contributed by atoms with E-state index in [9.17, 15) is 9.59 Å². The molecule has 0 radical (unpaired) electrons. The van der Waals surface area contributed by atoms with Crippen LogP contribution >= 0.6 is 0 Å². The highest BCUT2D eigenvalue weighted by Crippen LogP contribution is 2.21. The van der Waals surface area contributed by atoms with Gasteiger partial charge in [0.2, 0.25) is 0 Å². The van der Waals surface area contributed by atoms with E-state index in [1.807, 2.05) is 6.07 Å². The van der Waals surface area contributed by atoms with Crippen LogP contribution in [0.25, 0.3) is 0 Å². The molecule has 0 spiro atoms. The van der Waals surface area contributed by atoms with E-state index in [2.05, 4.69) is 17.4 Å². The highest BCUT2D eigenvalue weighted by atomic mass is 16.5. The Labute approximate surface area is 135 Å². The minimum absolute atomic E-state index is 0.129. The number of amides is 2. The molecule has 1 aromatic carbocycles. The van der Waals surface area contributed by atoms with Gasteiger partial charge in [-0.15, -0.1) is 0 Å². The molecule has 3 rings (SSSR count). The molecule has 0 aliphatic carbocycles. The monoisotopic (exact) mass is 318 g/mol. The van der Waals surface area contributed by atoms with Gasteiger partial charge in [-0.1, -0.05) is 18.2 Å². The topological polar surface area (TPSA) is 67.9 Å². The predicted octanol–water partition coefficient (Wildman–Crippen LogP) is 1.81. The largest absolute Gasteiger partial charge is 0.469 e. The molecule has 1 aromatic rings. The van der Waals surface area contributed by atoms with Crippen LogP contribution < -0.4 is 5.32 Å². The Morgan fingerprint density at radius 2 is 2.17 bits per heavy atom. The number of nitrogens with zero attached hydrogens (tertiary/aromatic N) is 1. The van der Waals surface area contributed by atoms with E-state index >= 15 is 0 Å². The number of urea groups is 1. The molecule has 1 atom stereocenters. The van der Waals surface area contributed by atoms with Crippen LogP contribution in [0.3, 0.4) is 0 Å². The van der Waals surface area contributed by atoms with Crippen LogP contribution in [0.1, 0.15) is 29.5 Å². The third-order valence-electron chi connectivity index (χ3n) is 4.47. The van der Waals surface area contributed by atoms with Gasteiger partial charge in [0.05, 0.1) is 26.2 Å². The molecule has 23 heavy (non-hydrogen) atoms. The second kappa shape index (κ2) is 7.00. The van der Waals surface area contributed by atoms with E-state index in [1.54, 1.807) is 4.90 Å². The molecular formula is C17H22N2O4. The number of nitrogens with one attached hydrogen (secondary N) is 1. The fraction of sp³-hybridized carbons (Fsp3) is 0.529. The first-order valence-corrected chi connectivity index (χ1v) is 7.96. The van der Waals surface area contributed by atoms with E-state index in [1.165, 1.54) is 18.2 Å². The van der Waals surface area contributed by atoms with Crippen molar-refractivity contribution in [3.05, 3.63) is 34.9 Å². The number of hydrogen-bond donors (Lipinski definition) is 1. The van der Waals surface area contributed by atoms with Crippen molar-refractivity contribution in [2.75, 3.05) is 20.2 Å². The van der Waals surface area contributed by atoms with Gasteiger partial charge >= 0.3 is 12.0 Å². The van der Waals surface area contributed by atoms with E-state index in [0.29, 0.717) is 32.8 Å². The number of rotatable bonds is 3. The molecule has 0 bridgehead atoms. The van der Waals surface area contributed by atoms with E-state index < -0.39 is 0 Å². The quantitative estimate of drug-likeness (QED) is 0.863. The number of esters is 1.